The summed E-state index contributed by atoms with van der Waals surface area (Å²) in [5.41, 5.74) is 4.34. The Kier molecular flexibility index (Phi) is 5.99. The molecule has 5 heteroatoms. The van der Waals surface area contributed by atoms with Crippen molar-refractivity contribution in [3.05, 3.63) is 65.2 Å². The average Bonchev–Trinajstić information content (AvgIpc) is 3.00. The van der Waals surface area contributed by atoms with Crippen molar-refractivity contribution in [2.75, 3.05) is 18.5 Å². The normalized spacial score (nSPS) is 13.0. The van der Waals surface area contributed by atoms with Crippen LogP contribution in [-0.4, -0.2) is 19.6 Å². The van der Waals surface area contributed by atoms with Gasteiger partial charge in [0.15, 0.2) is 5.96 Å². The maximum atomic E-state index is 8.97. The van der Waals surface area contributed by atoms with Gasteiger partial charge < -0.3 is 10.2 Å². The van der Waals surface area contributed by atoms with Crippen LogP contribution in [0.1, 0.15) is 16.7 Å². The maximum absolute atomic E-state index is 8.97. The summed E-state index contributed by atoms with van der Waals surface area (Å²) in [5.74, 6) is 0.868. The Morgan fingerprint density at radius 2 is 2.09 bits per heavy atom. The molecule has 1 N–H and O–H groups in total. The molecule has 0 saturated heterocycles. The molecule has 0 radical (unpaired) electrons. The second kappa shape index (κ2) is 7.97. The lowest BCUT2D eigenvalue weighted by atomic mass is 10.1. The molecule has 0 fully saturated rings. The minimum atomic E-state index is 0. The molecule has 0 atom stereocenters. The van der Waals surface area contributed by atoms with Crippen molar-refractivity contribution < 1.29 is 0 Å². The van der Waals surface area contributed by atoms with E-state index in [-0.39, 0.29) is 24.0 Å². The van der Waals surface area contributed by atoms with Crippen LogP contribution in [0.3, 0.4) is 0 Å². The lowest BCUT2D eigenvalue weighted by Gasteiger charge is -2.22. The van der Waals surface area contributed by atoms with E-state index in [0.717, 1.165) is 24.5 Å². The number of hydrogen-bond donors (Lipinski definition) is 1. The summed E-state index contributed by atoms with van der Waals surface area (Å²) in [6.45, 7) is 1.60. The zero-order valence-corrected chi connectivity index (χ0v) is 15.3. The number of rotatable bonds is 2. The van der Waals surface area contributed by atoms with Crippen LogP contribution in [0.25, 0.3) is 0 Å². The number of aliphatic imine (C=N–C) groups is 1. The fourth-order valence-corrected chi connectivity index (χ4v) is 2.79. The first-order valence-corrected chi connectivity index (χ1v) is 7.37. The molecule has 0 spiro atoms. The topological polar surface area (TPSA) is 51.4 Å². The molecule has 0 aliphatic carbocycles. The third-order valence-corrected chi connectivity index (χ3v) is 3.86. The van der Waals surface area contributed by atoms with Crippen LogP contribution < -0.4 is 10.2 Å². The Labute approximate surface area is 153 Å². The molecular formula is C18H19IN4. The summed E-state index contributed by atoms with van der Waals surface area (Å²) in [6.07, 6.45) is 1.04. The van der Waals surface area contributed by atoms with Crippen molar-refractivity contribution in [1.82, 2.24) is 5.32 Å². The molecule has 1 aliphatic rings. The number of guanidine groups is 1. The first-order chi connectivity index (χ1) is 10.8. The summed E-state index contributed by atoms with van der Waals surface area (Å²) in [4.78, 5) is 6.60. The Balaban J connectivity index is 0.00000192. The molecule has 0 unspecified atom stereocenters. The number of nitrogens with zero attached hydrogens (tertiary/aromatic N) is 3. The van der Waals surface area contributed by atoms with Gasteiger partial charge in [-0.05, 0) is 35.7 Å². The van der Waals surface area contributed by atoms with Gasteiger partial charge in [-0.2, -0.15) is 5.26 Å². The minimum absolute atomic E-state index is 0. The van der Waals surface area contributed by atoms with Crippen molar-refractivity contribution in [3.63, 3.8) is 0 Å². The Bertz CT molecular complexity index is 749. The monoisotopic (exact) mass is 418 g/mol. The van der Waals surface area contributed by atoms with E-state index in [0.29, 0.717) is 12.1 Å². The number of halogens is 1. The fourth-order valence-electron chi connectivity index (χ4n) is 2.79. The van der Waals surface area contributed by atoms with E-state index in [1.165, 1.54) is 11.3 Å². The maximum Gasteiger partial charge on any atom is 0.198 e. The molecule has 3 rings (SSSR count). The lowest BCUT2D eigenvalue weighted by molar-refractivity contribution is 0.867. The first-order valence-electron chi connectivity index (χ1n) is 7.37. The van der Waals surface area contributed by atoms with E-state index in [4.69, 9.17) is 5.26 Å². The van der Waals surface area contributed by atoms with Crippen molar-refractivity contribution in [1.29, 1.82) is 5.26 Å². The number of nitrogens with one attached hydrogen (secondary N) is 1. The zero-order valence-electron chi connectivity index (χ0n) is 13.0. The van der Waals surface area contributed by atoms with Crippen LogP contribution in [0, 0.1) is 11.3 Å². The summed E-state index contributed by atoms with van der Waals surface area (Å²) >= 11 is 0. The third kappa shape index (κ3) is 3.82. The number of benzene rings is 2. The van der Waals surface area contributed by atoms with Gasteiger partial charge in [0, 0.05) is 25.8 Å². The van der Waals surface area contributed by atoms with Crippen LogP contribution in [0.2, 0.25) is 0 Å². The summed E-state index contributed by atoms with van der Waals surface area (Å²) in [6, 6.07) is 18.2. The van der Waals surface area contributed by atoms with E-state index >= 15 is 0 Å². The van der Waals surface area contributed by atoms with Gasteiger partial charge in [-0.25, -0.2) is 0 Å². The molecule has 118 valence electrons. The molecule has 4 nitrogen and oxygen atoms in total. The van der Waals surface area contributed by atoms with Gasteiger partial charge in [0.05, 0.1) is 11.6 Å². The van der Waals surface area contributed by atoms with Crippen LogP contribution in [0.5, 0.6) is 0 Å². The highest BCUT2D eigenvalue weighted by Gasteiger charge is 2.22. The number of para-hydroxylation sites is 1. The molecule has 0 aromatic heterocycles. The molecule has 0 bridgehead atoms. The lowest BCUT2D eigenvalue weighted by Crippen LogP contribution is -2.40. The van der Waals surface area contributed by atoms with Crippen LogP contribution in [0.4, 0.5) is 5.69 Å². The predicted octanol–water partition coefficient (Wildman–Crippen LogP) is 3.31. The minimum Gasteiger partial charge on any atom is -0.352 e. The third-order valence-electron chi connectivity index (χ3n) is 3.86. The molecule has 23 heavy (non-hydrogen) atoms. The zero-order chi connectivity index (χ0) is 15.4. The molecule has 2 aromatic carbocycles. The summed E-state index contributed by atoms with van der Waals surface area (Å²) in [7, 11) is 1.80. The Morgan fingerprint density at radius 1 is 1.26 bits per heavy atom. The van der Waals surface area contributed by atoms with Gasteiger partial charge >= 0.3 is 0 Å². The van der Waals surface area contributed by atoms with Gasteiger partial charge in [0.25, 0.3) is 0 Å². The van der Waals surface area contributed by atoms with E-state index in [1.54, 1.807) is 7.05 Å². The van der Waals surface area contributed by atoms with Gasteiger partial charge in [-0.1, -0.05) is 30.3 Å². The van der Waals surface area contributed by atoms with Crippen molar-refractivity contribution in [2.24, 2.45) is 4.99 Å². The largest absolute Gasteiger partial charge is 0.352 e. The number of hydrogen-bond acceptors (Lipinski definition) is 2. The van der Waals surface area contributed by atoms with E-state index in [9.17, 15) is 0 Å². The van der Waals surface area contributed by atoms with Crippen LogP contribution >= 0.6 is 24.0 Å². The highest BCUT2D eigenvalue weighted by molar-refractivity contribution is 14.0. The number of nitriles is 1. The Hall–Kier alpha value is -2.07. The highest BCUT2D eigenvalue weighted by atomic mass is 127. The first kappa shape index (κ1) is 17.3. The van der Waals surface area contributed by atoms with E-state index in [1.807, 2.05) is 24.3 Å². The van der Waals surface area contributed by atoms with Gasteiger partial charge in [-0.15, -0.1) is 24.0 Å². The predicted molar refractivity (Wildman–Crippen MR) is 104 cm³/mol. The molecule has 0 amide bonds. The van der Waals surface area contributed by atoms with E-state index < -0.39 is 0 Å². The smallest absolute Gasteiger partial charge is 0.198 e. The number of anilines is 1. The molecule has 0 saturated carbocycles. The van der Waals surface area contributed by atoms with Crippen LogP contribution in [-0.2, 0) is 13.0 Å². The molecule has 1 aliphatic heterocycles. The molecule has 1 heterocycles. The summed E-state index contributed by atoms with van der Waals surface area (Å²) in [5, 5.41) is 12.4. The van der Waals surface area contributed by atoms with Crippen molar-refractivity contribution in [3.8, 4) is 6.07 Å². The quantitative estimate of drug-likeness (QED) is 0.463. The summed E-state index contributed by atoms with van der Waals surface area (Å²) < 4.78 is 0. The molecular weight excluding hydrogens is 399 g/mol. The van der Waals surface area contributed by atoms with E-state index in [2.05, 4.69) is 45.5 Å². The standard InChI is InChI=1S/C18H18N4.HI/c1-20-18(21-13-15-6-4-5-14(11-15)12-19)22-10-9-16-7-2-3-8-17(16)22;/h2-8,11H,9-10,13H2,1H3,(H,20,21);1H. The van der Waals surface area contributed by atoms with Crippen molar-refractivity contribution in [2.45, 2.75) is 13.0 Å². The highest BCUT2D eigenvalue weighted by Crippen LogP contribution is 2.27. The van der Waals surface area contributed by atoms with Gasteiger partial charge in [0.2, 0.25) is 0 Å². The number of fused-ring (bicyclic) bond motifs is 1. The second-order valence-corrected chi connectivity index (χ2v) is 5.24. The Morgan fingerprint density at radius 3 is 2.87 bits per heavy atom. The van der Waals surface area contributed by atoms with Crippen LogP contribution in [0.15, 0.2) is 53.5 Å². The SMILES string of the molecule is CN=C(NCc1cccc(C#N)c1)N1CCc2ccccc21.I. The van der Waals surface area contributed by atoms with Gasteiger partial charge in [-0.3, -0.25) is 4.99 Å². The van der Waals surface area contributed by atoms with Crippen molar-refractivity contribution >= 4 is 35.6 Å². The average molecular weight is 418 g/mol. The molecule has 2 aromatic rings. The van der Waals surface area contributed by atoms with Gasteiger partial charge in [0.1, 0.15) is 0 Å². The second-order valence-electron chi connectivity index (χ2n) is 5.24. The fraction of sp³-hybridized carbons (Fsp3) is 0.222.